The van der Waals surface area contributed by atoms with E-state index in [9.17, 15) is 4.39 Å². The summed E-state index contributed by atoms with van der Waals surface area (Å²) in [6.07, 6.45) is 1.20. The zero-order chi connectivity index (χ0) is 11.7. The molecule has 0 radical (unpaired) electrons. The summed E-state index contributed by atoms with van der Waals surface area (Å²) in [4.78, 5) is 0. The number of nitriles is 1. The first-order chi connectivity index (χ1) is 7.61. The lowest BCUT2D eigenvalue weighted by atomic mass is 10.1. The summed E-state index contributed by atoms with van der Waals surface area (Å²) in [5.41, 5.74) is 1.01. The Kier molecular flexibility index (Phi) is 2.93. The van der Waals surface area contributed by atoms with Gasteiger partial charge in [-0.2, -0.15) is 5.26 Å². The first kappa shape index (κ1) is 11.1. The third-order valence-corrected chi connectivity index (χ3v) is 3.19. The Morgan fingerprint density at radius 2 is 2.25 bits per heavy atom. The van der Waals surface area contributed by atoms with Crippen LogP contribution in [0.4, 0.5) is 4.39 Å². The van der Waals surface area contributed by atoms with Gasteiger partial charge in [0.15, 0.2) is 0 Å². The molecule has 0 amide bonds. The molecular formula is C13H15FN2. The van der Waals surface area contributed by atoms with Crippen LogP contribution in [0.3, 0.4) is 0 Å². The smallest absolute Gasteiger partial charge is 0.141 e. The molecule has 0 aliphatic heterocycles. The molecule has 2 nitrogen and oxygen atoms in total. The fourth-order valence-corrected chi connectivity index (χ4v) is 1.86. The zero-order valence-corrected chi connectivity index (χ0v) is 9.50. The number of rotatable bonds is 3. The lowest BCUT2D eigenvalue weighted by Gasteiger charge is -2.14. The molecule has 0 spiro atoms. The van der Waals surface area contributed by atoms with Crippen molar-refractivity contribution in [3.8, 4) is 6.07 Å². The first-order valence-electron chi connectivity index (χ1n) is 5.57. The molecular weight excluding hydrogens is 203 g/mol. The minimum absolute atomic E-state index is 0.107. The standard InChI is InChI=1S/C13H15FN2/c1-8-5-13(8)16-9(2)10-3-4-11(7-15)12(14)6-10/h3-4,6,8-9,13,16H,5H2,1-2H3. The molecule has 3 unspecified atom stereocenters. The predicted octanol–water partition coefficient (Wildman–Crippen LogP) is 2.76. The van der Waals surface area contributed by atoms with Crippen LogP contribution < -0.4 is 5.32 Å². The summed E-state index contributed by atoms with van der Waals surface area (Å²) in [5, 5.41) is 12.1. The predicted molar refractivity (Wildman–Crippen MR) is 60.2 cm³/mol. The van der Waals surface area contributed by atoms with Crippen molar-refractivity contribution in [3.05, 3.63) is 35.1 Å². The van der Waals surface area contributed by atoms with Gasteiger partial charge in [0, 0.05) is 12.1 Å². The van der Waals surface area contributed by atoms with Crippen molar-refractivity contribution in [2.75, 3.05) is 0 Å². The minimum Gasteiger partial charge on any atom is -0.307 e. The SMILES string of the molecule is CC(NC1CC1C)c1ccc(C#N)c(F)c1. The maximum atomic E-state index is 13.4. The van der Waals surface area contributed by atoms with E-state index < -0.39 is 5.82 Å². The Morgan fingerprint density at radius 1 is 1.56 bits per heavy atom. The number of halogens is 1. The second-order valence-electron chi connectivity index (χ2n) is 4.56. The quantitative estimate of drug-likeness (QED) is 0.846. The molecule has 1 aliphatic rings. The molecule has 3 atom stereocenters. The lowest BCUT2D eigenvalue weighted by molar-refractivity contribution is 0.545. The molecule has 84 valence electrons. The van der Waals surface area contributed by atoms with E-state index in [4.69, 9.17) is 5.26 Å². The maximum Gasteiger partial charge on any atom is 0.141 e. The van der Waals surface area contributed by atoms with E-state index >= 15 is 0 Å². The molecule has 0 heterocycles. The summed E-state index contributed by atoms with van der Waals surface area (Å²) in [5.74, 6) is 0.295. The fourth-order valence-electron chi connectivity index (χ4n) is 1.86. The van der Waals surface area contributed by atoms with Gasteiger partial charge in [0.2, 0.25) is 0 Å². The van der Waals surface area contributed by atoms with Crippen molar-refractivity contribution in [3.63, 3.8) is 0 Å². The van der Waals surface area contributed by atoms with E-state index in [0.29, 0.717) is 6.04 Å². The van der Waals surface area contributed by atoms with E-state index in [1.54, 1.807) is 6.07 Å². The van der Waals surface area contributed by atoms with Crippen molar-refractivity contribution in [1.29, 1.82) is 5.26 Å². The Bertz CT molecular complexity index is 436. The Hall–Kier alpha value is -1.40. The average Bonchev–Trinajstić information content (AvgIpc) is 2.94. The molecule has 0 saturated heterocycles. The molecule has 0 bridgehead atoms. The Morgan fingerprint density at radius 3 is 2.75 bits per heavy atom. The van der Waals surface area contributed by atoms with Crippen LogP contribution in [0.1, 0.15) is 37.4 Å². The molecule has 1 saturated carbocycles. The van der Waals surface area contributed by atoms with Gasteiger partial charge >= 0.3 is 0 Å². The highest BCUT2D eigenvalue weighted by atomic mass is 19.1. The minimum atomic E-state index is -0.433. The summed E-state index contributed by atoms with van der Waals surface area (Å²) >= 11 is 0. The van der Waals surface area contributed by atoms with Gasteiger partial charge in [0.25, 0.3) is 0 Å². The van der Waals surface area contributed by atoms with Crippen molar-refractivity contribution in [2.24, 2.45) is 5.92 Å². The molecule has 0 aromatic heterocycles. The lowest BCUT2D eigenvalue weighted by Crippen LogP contribution is -2.22. The van der Waals surface area contributed by atoms with Gasteiger partial charge in [-0.15, -0.1) is 0 Å². The van der Waals surface area contributed by atoms with Crippen molar-refractivity contribution < 1.29 is 4.39 Å². The number of nitrogens with zero attached hydrogens (tertiary/aromatic N) is 1. The van der Waals surface area contributed by atoms with E-state index in [0.717, 1.165) is 11.5 Å². The second-order valence-corrected chi connectivity index (χ2v) is 4.56. The van der Waals surface area contributed by atoms with E-state index in [1.165, 1.54) is 12.5 Å². The van der Waals surface area contributed by atoms with Crippen LogP contribution in [0.25, 0.3) is 0 Å². The van der Waals surface area contributed by atoms with Crippen molar-refractivity contribution in [1.82, 2.24) is 5.32 Å². The number of hydrogen-bond donors (Lipinski definition) is 1. The molecule has 16 heavy (non-hydrogen) atoms. The van der Waals surface area contributed by atoms with Crippen molar-refractivity contribution in [2.45, 2.75) is 32.4 Å². The third-order valence-electron chi connectivity index (χ3n) is 3.19. The molecule has 2 rings (SSSR count). The van der Waals surface area contributed by atoms with Crippen LogP contribution in [-0.2, 0) is 0 Å². The van der Waals surface area contributed by atoms with Crippen LogP contribution in [0.15, 0.2) is 18.2 Å². The monoisotopic (exact) mass is 218 g/mol. The maximum absolute atomic E-state index is 13.4. The first-order valence-corrected chi connectivity index (χ1v) is 5.57. The Balaban J connectivity index is 2.09. The number of benzene rings is 1. The average molecular weight is 218 g/mol. The summed E-state index contributed by atoms with van der Waals surface area (Å²) in [6.45, 7) is 4.22. The number of nitrogens with one attached hydrogen (secondary N) is 1. The molecule has 1 aliphatic carbocycles. The highest BCUT2D eigenvalue weighted by molar-refractivity contribution is 5.34. The van der Waals surface area contributed by atoms with E-state index in [2.05, 4.69) is 12.2 Å². The molecule has 1 N–H and O–H groups in total. The van der Waals surface area contributed by atoms with E-state index in [1.807, 2.05) is 19.1 Å². The fraction of sp³-hybridized carbons (Fsp3) is 0.462. The third kappa shape index (κ3) is 2.23. The topological polar surface area (TPSA) is 35.8 Å². The Labute approximate surface area is 95.1 Å². The van der Waals surface area contributed by atoms with Crippen LogP contribution >= 0.6 is 0 Å². The summed E-state index contributed by atoms with van der Waals surface area (Å²) < 4.78 is 13.4. The molecule has 1 aromatic carbocycles. The van der Waals surface area contributed by atoms with Gasteiger partial charge in [0.05, 0.1) is 5.56 Å². The van der Waals surface area contributed by atoms with Crippen LogP contribution in [0, 0.1) is 23.1 Å². The number of hydrogen-bond acceptors (Lipinski definition) is 2. The van der Waals surface area contributed by atoms with Gasteiger partial charge < -0.3 is 5.32 Å². The zero-order valence-electron chi connectivity index (χ0n) is 9.50. The second kappa shape index (κ2) is 4.23. The summed E-state index contributed by atoms with van der Waals surface area (Å²) in [6, 6.07) is 7.33. The normalized spacial score (nSPS) is 24.9. The van der Waals surface area contributed by atoms with Crippen LogP contribution in [0.2, 0.25) is 0 Å². The van der Waals surface area contributed by atoms with Gasteiger partial charge in [-0.1, -0.05) is 13.0 Å². The highest BCUT2D eigenvalue weighted by Gasteiger charge is 2.33. The molecule has 3 heteroatoms. The summed E-state index contributed by atoms with van der Waals surface area (Å²) in [7, 11) is 0. The van der Waals surface area contributed by atoms with Gasteiger partial charge in [0.1, 0.15) is 11.9 Å². The largest absolute Gasteiger partial charge is 0.307 e. The van der Waals surface area contributed by atoms with Crippen LogP contribution in [0.5, 0.6) is 0 Å². The van der Waals surface area contributed by atoms with Crippen molar-refractivity contribution >= 4 is 0 Å². The molecule has 1 fully saturated rings. The molecule has 1 aromatic rings. The highest BCUT2D eigenvalue weighted by Crippen LogP contribution is 2.31. The van der Waals surface area contributed by atoms with Gasteiger partial charge in [-0.25, -0.2) is 4.39 Å². The van der Waals surface area contributed by atoms with E-state index in [-0.39, 0.29) is 11.6 Å². The van der Waals surface area contributed by atoms with Crippen LogP contribution in [-0.4, -0.2) is 6.04 Å². The van der Waals surface area contributed by atoms with Gasteiger partial charge in [-0.05, 0) is 37.0 Å². The van der Waals surface area contributed by atoms with Gasteiger partial charge in [-0.3, -0.25) is 0 Å².